The summed E-state index contributed by atoms with van der Waals surface area (Å²) in [7, 11) is -11.5. The van der Waals surface area contributed by atoms with Crippen molar-refractivity contribution in [3.8, 4) is 0 Å². The molecule has 0 saturated heterocycles. The van der Waals surface area contributed by atoms with Gasteiger partial charge in [0.1, 0.15) is 12.3 Å². The van der Waals surface area contributed by atoms with Crippen molar-refractivity contribution in [2.24, 2.45) is 0 Å². The average molecular weight is 1320 g/mol. The van der Waals surface area contributed by atoms with Crippen LogP contribution in [0.4, 0.5) is 0 Å². The Kier molecular flexibility index (Phi) is 28.9. The number of halogens is 2. The normalized spacial score (nSPS) is 10.9. The van der Waals surface area contributed by atoms with E-state index in [1.807, 2.05) is 70.7 Å². The first-order valence-corrected chi connectivity index (χ1v) is 31.9. The van der Waals surface area contributed by atoms with E-state index in [1.165, 1.54) is 33.5 Å². The fourth-order valence-electron chi connectivity index (χ4n) is 9.08. The molecule has 0 saturated carbocycles. The molecule has 18 nitrogen and oxygen atoms in total. The van der Waals surface area contributed by atoms with Gasteiger partial charge in [-0.15, -0.1) is 20.5 Å². The Bertz CT molecular complexity index is 3070. The third-order valence-corrected chi connectivity index (χ3v) is 18.6. The molecule has 0 radical (unpaired) electrons. The molecule has 0 amide bonds. The standard InChI is InChI=1S/C26H24P2.2C17H21N5.2ClHO4.2Cu/c1-5-13-23(14-6-1)27(24-15-7-2-8-16-24)21-22-28(25-17-9-3-10-18-25)26-19-11-4-12-20-26;2*1-12-8-14(3)21(19-12)10-16-6-5-7-17(18-16)11-22-15(4)9-13(2)20-22;2*2-1(3,4)5;;/h1-20H,21-22H2;2*5-9H,10-11H2,1-4H3;2*(H,2,3,4,5);;/q;;;;;2*+1. The second-order valence-electron chi connectivity index (χ2n) is 19.3. The van der Waals surface area contributed by atoms with Gasteiger partial charge in [0.15, 0.2) is 0 Å². The first-order chi connectivity index (χ1) is 38.9. The van der Waals surface area contributed by atoms with Crippen LogP contribution < -0.4 is 58.5 Å². The maximum Gasteiger partial charge on any atom is 1.00 e. The van der Waals surface area contributed by atoms with Gasteiger partial charge in [0, 0.05) is 22.8 Å². The third kappa shape index (κ3) is 25.0. The molecule has 0 atom stereocenters. The van der Waals surface area contributed by atoms with E-state index in [2.05, 4.69) is 206 Å². The fraction of sp³-hybridized carbons (Fsp3) is 0.233. The van der Waals surface area contributed by atoms with Gasteiger partial charge in [-0.05, 0) is 152 Å². The molecule has 24 heteroatoms. The van der Waals surface area contributed by atoms with Gasteiger partial charge in [0.05, 0.1) is 109 Å². The van der Waals surface area contributed by atoms with Crippen molar-refractivity contribution in [3.63, 3.8) is 0 Å². The topological polar surface area (TPSA) is 282 Å². The number of aromatic nitrogens is 10. The number of hydrogen-bond acceptors (Lipinski definition) is 14. The Labute approximate surface area is 518 Å². The van der Waals surface area contributed by atoms with Crippen molar-refractivity contribution in [1.82, 2.24) is 49.1 Å². The van der Waals surface area contributed by atoms with Crippen LogP contribution in [-0.4, -0.2) is 61.4 Å². The third-order valence-electron chi connectivity index (χ3n) is 12.5. The zero-order valence-electron chi connectivity index (χ0n) is 47.7. The van der Waals surface area contributed by atoms with Gasteiger partial charge in [-0.2, -0.15) is 20.4 Å². The second-order valence-corrected chi connectivity index (χ2v) is 26.0. The van der Waals surface area contributed by atoms with Crippen molar-refractivity contribution >= 4 is 37.1 Å². The van der Waals surface area contributed by atoms with Crippen molar-refractivity contribution in [3.05, 3.63) is 250 Å². The van der Waals surface area contributed by atoms with Crippen molar-refractivity contribution < 1.29 is 91.9 Å². The maximum atomic E-state index is 8.49. The molecule has 0 aliphatic rings. The minimum absolute atomic E-state index is 0. The number of benzene rings is 4. The second kappa shape index (κ2) is 34.4. The van der Waals surface area contributed by atoms with Gasteiger partial charge in [0.2, 0.25) is 0 Å². The quantitative estimate of drug-likeness (QED) is 0.102. The molecule has 0 fully saturated rings. The molecule has 0 aliphatic heterocycles. The molecule has 10 rings (SSSR count). The van der Waals surface area contributed by atoms with Gasteiger partial charge in [-0.25, -0.2) is 37.3 Å². The van der Waals surface area contributed by atoms with Crippen molar-refractivity contribution in [2.75, 3.05) is 12.3 Å². The number of rotatable bonds is 15. The Morgan fingerprint density at radius 3 is 0.667 bits per heavy atom. The van der Waals surface area contributed by atoms with Crippen LogP contribution in [0.25, 0.3) is 0 Å². The van der Waals surface area contributed by atoms with E-state index in [-0.39, 0.29) is 34.1 Å². The molecule has 10 aromatic rings. The number of nitrogens with zero attached hydrogens (tertiary/aromatic N) is 10. The van der Waals surface area contributed by atoms with Gasteiger partial charge >= 0.3 is 34.1 Å². The Hall–Kier alpha value is -5.82. The van der Waals surface area contributed by atoms with Crippen LogP contribution in [0.3, 0.4) is 0 Å². The number of pyridine rings is 2. The van der Waals surface area contributed by atoms with Crippen molar-refractivity contribution in [2.45, 2.75) is 81.6 Å². The van der Waals surface area contributed by atoms with Crippen LogP contribution in [0.15, 0.2) is 182 Å². The largest absolute Gasteiger partial charge is 1.00 e. The van der Waals surface area contributed by atoms with E-state index in [0.717, 1.165) is 68.3 Å². The van der Waals surface area contributed by atoms with E-state index in [1.54, 1.807) is 0 Å². The predicted molar refractivity (Wildman–Crippen MR) is 302 cm³/mol. The van der Waals surface area contributed by atoms with Crippen LogP contribution in [0, 0.1) is 75.9 Å². The molecule has 0 aliphatic carbocycles. The van der Waals surface area contributed by atoms with E-state index in [0.29, 0.717) is 26.2 Å². The Morgan fingerprint density at radius 2 is 0.500 bits per heavy atom. The average Bonchev–Trinajstić information content (AvgIpc) is 4.19. The fourth-order valence-corrected chi connectivity index (χ4v) is 15.3. The maximum absolute atomic E-state index is 8.49. The van der Waals surface area contributed by atoms with Crippen LogP contribution in [0.1, 0.15) is 68.3 Å². The molecule has 0 spiro atoms. The summed E-state index contributed by atoms with van der Waals surface area (Å²) in [4.78, 5) is 9.48. The zero-order valence-corrected chi connectivity index (χ0v) is 53.1. The van der Waals surface area contributed by atoms with Crippen LogP contribution in [-0.2, 0) is 60.3 Å². The van der Waals surface area contributed by atoms with Crippen LogP contribution >= 0.6 is 15.8 Å². The molecule has 0 bridgehead atoms. The zero-order chi connectivity index (χ0) is 59.4. The number of hydrogen-bond donors (Lipinski definition) is 0. The molecule has 4 aromatic carbocycles. The Morgan fingerprint density at radius 1 is 0.310 bits per heavy atom. The van der Waals surface area contributed by atoms with E-state index in [9.17, 15) is 0 Å². The Balaban J connectivity index is 0.000000249. The summed E-state index contributed by atoms with van der Waals surface area (Å²) in [6, 6.07) is 65.1. The summed E-state index contributed by atoms with van der Waals surface area (Å²) in [6.45, 7) is 19.1. The first kappa shape index (κ1) is 70.7. The summed E-state index contributed by atoms with van der Waals surface area (Å²) in [5, 5.41) is 24.0. The molecule has 6 aromatic heterocycles. The summed E-state index contributed by atoms with van der Waals surface area (Å²) >= 11 is 0. The molecular weight excluding hydrogens is 1250 g/mol. The molecule has 0 N–H and O–H groups in total. The van der Waals surface area contributed by atoms with Gasteiger partial charge < -0.3 is 0 Å². The summed E-state index contributed by atoms with van der Waals surface area (Å²) < 4.78 is 75.9. The first-order valence-electron chi connectivity index (χ1n) is 26.0. The van der Waals surface area contributed by atoms with Gasteiger partial charge in [0.25, 0.3) is 0 Å². The SMILES string of the molecule is Cc1cc(C)n(Cc2cccc(Cn3nc(C)cc3C)n2)n1.Cc1cc(C)n(Cc2cccc(Cn3nc(C)cc3C)n2)n1.[Cu+].[Cu+].[O-][Cl+3]([O-])([O-])[O-].[O-][Cl+3]([O-])([O-])[O-].c1ccc([PH+](CC[PH+](c2ccccc2)c2ccccc2)c2ccccc2)cc1. The predicted octanol–water partition coefficient (Wildman–Crippen LogP) is 0.810. The van der Waals surface area contributed by atoms with Gasteiger partial charge in [-0.1, -0.05) is 84.9 Å². The molecule has 6 heterocycles. The van der Waals surface area contributed by atoms with Crippen molar-refractivity contribution in [1.29, 1.82) is 0 Å². The molecule has 0 unspecified atom stereocenters. The van der Waals surface area contributed by atoms with Gasteiger partial charge in [-0.3, -0.25) is 28.7 Å². The van der Waals surface area contributed by atoms with E-state index >= 15 is 0 Å². The molecule has 84 heavy (non-hydrogen) atoms. The smallest absolute Gasteiger partial charge is 0.264 e. The van der Waals surface area contributed by atoms with E-state index in [4.69, 9.17) is 47.2 Å². The van der Waals surface area contributed by atoms with Crippen LogP contribution in [0.5, 0.6) is 0 Å². The molecular formula is C60H68Cl2Cu2N10O8P2+2. The minimum Gasteiger partial charge on any atom is -0.264 e. The van der Waals surface area contributed by atoms with Crippen LogP contribution in [0.2, 0.25) is 0 Å². The minimum atomic E-state index is -4.94. The summed E-state index contributed by atoms with van der Waals surface area (Å²) in [6.07, 6.45) is 2.52. The summed E-state index contributed by atoms with van der Waals surface area (Å²) in [5.74, 6) is 0. The van der Waals surface area contributed by atoms with E-state index < -0.39 is 36.3 Å². The molecule has 450 valence electrons. The number of aryl methyl sites for hydroxylation is 8. The summed E-state index contributed by atoms with van der Waals surface area (Å²) in [5.41, 5.74) is 12.9. The monoisotopic (exact) mass is 1310 g/mol.